The number of nitrogens with one attached hydrogen (secondary N) is 1. The van der Waals surface area contributed by atoms with Crippen molar-refractivity contribution in [3.05, 3.63) is 0 Å². The molecule has 0 heterocycles. The van der Waals surface area contributed by atoms with Crippen LogP contribution < -0.4 is 5.32 Å². The standard InChI is InChI=1S/C9H17N/c1-6-3-8(6)5-10-9-4-7(9)2/h6-10H,3-5H2,1-2H3. The maximum Gasteiger partial charge on any atom is 0.00965 e. The molecule has 10 heavy (non-hydrogen) atoms. The smallest absolute Gasteiger partial charge is 0.00965 e. The molecule has 58 valence electrons. The SMILES string of the molecule is CC1CC1CNC1CC1C. The van der Waals surface area contributed by atoms with Gasteiger partial charge in [-0.1, -0.05) is 13.8 Å². The molecule has 1 N–H and O–H groups in total. The Morgan fingerprint density at radius 2 is 1.80 bits per heavy atom. The third kappa shape index (κ3) is 1.34. The number of rotatable bonds is 3. The summed E-state index contributed by atoms with van der Waals surface area (Å²) in [5.41, 5.74) is 0. The first-order valence-electron chi connectivity index (χ1n) is 4.50. The highest BCUT2D eigenvalue weighted by molar-refractivity contribution is 4.92. The van der Waals surface area contributed by atoms with Gasteiger partial charge >= 0.3 is 0 Å². The maximum atomic E-state index is 3.60. The van der Waals surface area contributed by atoms with E-state index in [0.29, 0.717) is 0 Å². The zero-order chi connectivity index (χ0) is 7.14. The van der Waals surface area contributed by atoms with Gasteiger partial charge in [-0.05, 0) is 37.1 Å². The normalized spacial score (nSPS) is 51.0. The Kier molecular flexibility index (Phi) is 1.48. The summed E-state index contributed by atoms with van der Waals surface area (Å²) in [5, 5.41) is 3.60. The number of hydrogen-bond donors (Lipinski definition) is 1. The van der Waals surface area contributed by atoms with Crippen LogP contribution in [-0.2, 0) is 0 Å². The first-order valence-corrected chi connectivity index (χ1v) is 4.50. The molecular weight excluding hydrogens is 122 g/mol. The van der Waals surface area contributed by atoms with Gasteiger partial charge in [0.05, 0.1) is 0 Å². The summed E-state index contributed by atoms with van der Waals surface area (Å²) in [6.45, 7) is 5.97. The van der Waals surface area contributed by atoms with Crippen LogP contribution in [0.3, 0.4) is 0 Å². The highest BCUT2D eigenvalue weighted by atomic mass is 15.0. The van der Waals surface area contributed by atoms with Crippen molar-refractivity contribution in [2.24, 2.45) is 17.8 Å². The molecule has 2 aliphatic carbocycles. The summed E-state index contributed by atoms with van der Waals surface area (Å²) in [6, 6.07) is 0.882. The van der Waals surface area contributed by atoms with E-state index in [1.54, 1.807) is 0 Å². The van der Waals surface area contributed by atoms with Crippen molar-refractivity contribution in [3.8, 4) is 0 Å². The van der Waals surface area contributed by atoms with Crippen LogP contribution in [0.4, 0.5) is 0 Å². The molecule has 0 aliphatic heterocycles. The van der Waals surface area contributed by atoms with Crippen molar-refractivity contribution in [1.82, 2.24) is 5.32 Å². The minimum Gasteiger partial charge on any atom is -0.313 e. The van der Waals surface area contributed by atoms with E-state index in [0.717, 1.165) is 23.8 Å². The third-order valence-electron chi connectivity index (χ3n) is 3.03. The summed E-state index contributed by atoms with van der Waals surface area (Å²) in [7, 11) is 0. The van der Waals surface area contributed by atoms with Crippen molar-refractivity contribution in [2.45, 2.75) is 32.7 Å². The lowest BCUT2D eigenvalue weighted by molar-refractivity contribution is 0.590. The average molecular weight is 139 g/mol. The van der Waals surface area contributed by atoms with Crippen molar-refractivity contribution in [3.63, 3.8) is 0 Å². The fourth-order valence-electron chi connectivity index (χ4n) is 1.59. The van der Waals surface area contributed by atoms with Gasteiger partial charge in [-0.25, -0.2) is 0 Å². The first kappa shape index (κ1) is 6.66. The quantitative estimate of drug-likeness (QED) is 0.626. The van der Waals surface area contributed by atoms with Crippen LogP contribution in [0.5, 0.6) is 0 Å². The van der Waals surface area contributed by atoms with Crippen LogP contribution in [0.15, 0.2) is 0 Å². The molecule has 1 nitrogen and oxygen atoms in total. The van der Waals surface area contributed by atoms with Gasteiger partial charge in [0, 0.05) is 6.04 Å². The summed E-state index contributed by atoms with van der Waals surface area (Å²) < 4.78 is 0. The van der Waals surface area contributed by atoms with Crippen LogP contribution in [0.1, 0.15) is 26.7 Å². The van der Waals surface area contributed by atoms with Crippen LogP contribution in [0.25, 0.3) is 0 Å². The molecule has 0 aromatic carbocycles. The molecule has 1 heteroatoms. The molecule has 0 radical (unpaired) electrons. The predicted molar refractivity (Wildman–Crippen MR) is 42.8 cm³/mol. The minimum atomic E-state index is 0.882. The topological polar surface area (TPSA) is 12.0 Å². The van der Waals surface area contributed by atoms with Crippen molar-refractivity contribution < 1.29 is 0 Å². The van der Waals surface area contributed by atoms with Gasteiger partial charge in [-0.15, -0.1) is 0 Å². The summed E-state index contributed by atoms with van der Waals surface area (Å²) in [4.78, 5) is 0. The van der Waals surface area contributed by atoms with E-state index < -0.39 is 0 Å². The molecule has 4 atom stereocenters. The molecule has 4 unspecified atom stereocenters. The van der Waals surface area contributed by atoms with Crippen molar-refractivity contribution in [1.29, 1.82) is 0 Å². The van der Waals surface area contributed by atoms with Gasteiger partial charge < -0.3 is 5.32 Å². The predicted octanol–water partition coefficient (Wildman–Crippen LogP) is 1.64. The molecule has 0 saturated heterocycles. The molecule has 0 aromatic rings. The molecular formula is C9H17N. The average Bonchev–Trinajstić information content (AvgIpc) is 2.71. The van der Waals surface area contributed by atoms with Gasteiger partial charge in [0.15, 0.2) is 0 Å². The number of hydrogen-bond acceptors (Lipinski definition) is 1. The molecule has 2 saturated carbocycles. The van der Waals surface area contributed by atoms with Gasteiger partial charge in [-0.2, -0.15) is 0 Å². The zero-order valence-electron chi connectivity index (χ0n) is 6.93. The van der Waals surface area contributed by atoms with E-state index in [1.807, 2.05) is 0 Å². The van der Waals surface area contributed by atoms with E-state index in [9.17, 15) is 0 Å². The Hall–Kier alpha value is -0.0400. The van der Waals surface area contributed by atoms with Crippen LogP contribution in [0, 0.1) is 17.8 Å². The summed E-state index contributed by atoms with van der Waals surface area (Å²) in [5.74, 6) is 3.00. The fourth-order valence-corrected chi connectivity index (χ4v) is 1.59. The molecule has 2 fully saturated rings. The maximum absolute atomic E-state index is 3.60. The van der Waals surface area contributed by atoms with Crippen molar-refractivity contribution >= 4 is 0 Å². The van der Waals surface area contributed by atoms with Crippen LogP contribution >= 0.6 is 0 Å². The molecule has 2 aliphatic rings. The van der Waals surface area contributed by atoms with Crippen LogP contribution in [0.2, 0.25) is 0 Å². The Morgan fingerprint density at radius 1 is 1.20 bits per heavy atom. The molecule has 0 bridgehead atoms. The molecule has 0 spiro atoms. The lowest BCUT2D eigenvalue weighted by atomic mass is 10.3. The molecule has 2 rings (SSSR count). The second-order valence-electron chi connectivity index (χ2n) is 4.20. The van der Waals surface area contributed by atoms with E-state index in [1.165, 1.54) is 19.4 Å². The Bertz CT molecular complexity index is 117. The lowest BCUT2D eigenvalue weighted by Crippen LogP contribution is -2.20. The molecule has 0 amide bonds. The highest BCUT2D eigenvalue weighted by Crippen LogP contribution is 2.38. The largest absolute Gasteiger partial charge is 0.313 e. The zero-order valence-corrected chi connectivity index (χ0v) is 6.93. The van der Waals surface area contributed by atoms with E-state index in [4.69, 9.17) is 0 Å². The lowest BCUT2D eigenvalue weighted by Gasteiger charge is -1.99. The summed E-state index contributed by atoms with van der Waals surface area (Å²) >= 11 is 0. The third-order valence-corrected chi connectivity index (χ3v) is 3.03. The van der Waals surface area contributed by atoms with Crippen LogP contribution in [-0.4, -0.2) is 12.6 Å². The summed E-state index contributed by atoms with van der Waals surface area (Å²) in [6.07, 6.45) is 2.88. The van der Waals surface area contributed by atoms with E-state index >= 15 is 0 Å². The Morgan fingerprint density at radius 3 is 2.20 bits per heavy atom. The molecule has 0 aromatic heterocycles. The van der Waals surface area contributed by atoms with E-state index in [2.05, 4.69) is 19.2 Å². The second-order valence-corrected chi connectivity index (χ2v) is 4.20. The fraction of sp³-hybridized carbons (Fsp3) is 1.00. The van der Waals surface area contributed by atoms with Gasteiger partial charge in [0.25, 0.3) is 0 Å². The second kappa shape index (κ2) is 2.23. The Balaban J connectivity index is 1.57. The minimum absolute atomic E-state index is 0.882. The van der Waals surface area contributed by atoms with Gasteiger partial charge in [0.2, 0.25) is 0 Å². The highest BCUT2D eigenvalue weighted by Gasteiger charge is 2.36. The van der Waals surface area contributed by atoms with Gasteiger partial charge in [-0.3, -0.25) is 0 Å². The van der Waals surface area contributed by atoms with E-state index in [-0.39, 0.29) is 0 Å². The van der Waals surface area contributed by atoms with Gasteiger partial charge in [0.1, 0.15) is 0 Å². The monoisotopic (exact) mass is 139 g/mol. The first-order chi connectivity index (χ1) is 4.77. The Labute approximate surface area is 63.2 Å². The van der Waals surface area contributed by atoms with Crippen molar-refractivity contribution in [2.75, 3.05) is 6.54 Å².